The van der Waals surface area contributed by atoms with Crippen molar-refractivity contribution in [2.75, 3.05) is 27.2 Å². The Balaban J connectivity index is 2.59. The zero-order chi connectivity index (χ0) is 13.5. The molecule has 0 aromatic heterocycles. The van der Waals surface area contributed by atoms with Crippen LogP contribution >= 0.6 is 0 Å². The molecule has 0 bridgehead atoms. The van der Waals surface area contributed by atoms with Crippen molar-refractivity contribution in [2.45, 2.75) is 6.42 Å². The highest BCUT2D eigenvalue weighted by molar-refractivity contribution is 6.02. The largest absolute Gasteiger partial charge is 0.478 e. The molecule has 0 spiro atoms. The van der Waals surface area contributed by atoms with E-state index in [-0.39, 0.29) is 17.7 Å². The molecule has 0 saturated carbocycles. The highest BCUT2D eigenvalue weighted by Crippen LogP contribution is 2.10. The summed E-state index contributed by atoms with van der Waals surface area (Å²) in [6.45, 7) is 1.10. The normalized spacial score (nSPS) is 10.4. The molecule has 98 valence electrons. The average molecular weight is 251 g/mol. The highest BCUT2D eigenvalue weighted by Gasteiger charge is 2.16. The van der Waals surface area contributed by atoms with Gasteiger partial charge in [0.2, 0.25) is 0 Å². The summed E-state index contributed by atoms with van der Waals surface area (Å²) in [5.74, 6) is -1.72. The molecule has 0 radical (unpaired) electrons. The predicted octanol–water partition coefficient (Wildman–Crippen LogP) is 1.49. The number of ether oxygens (including phenoxy) is 1. The number of carboxylic acids is 1. The first-order chi connectivity index (χ1) is 8.52. The van der Waals surface area contributed by atoms with E-state index in [1.165, 1.54) is 12.1 Å². The Morgan fingerprint density at radius 3 is 2.39 bits per heavy atom. The lowest BCUT2D eigenvalue weighted by Gasteiger charge is -2.10. The van der Waals surface area contributed by atoms with Crippen molar-refractivity contribution in [3.05, 3.63) is 35.4 Å². The van der Waals surface area contributed by atoms with Gasteiger partial charge in [0.25, 0.3) is 0 Å². The van der Waals surface area contributed by atoms with Gasteiger partial charge >= 0.3 is 11.9 Å². The van der Waals surface area contributed by atoms with E-state index in [4.69, 9.17) is 9.84 Å². The van der Waals surface area contributed by atoms with E-state index in [2.05, 4.69) is 0 Å². The van der Waals surface area contributed by atoms with Gasteiger partial charge in [0.1, 0.15) is 0 Å². The summed E-state index contributed by atoms with van der Waals surface area (Å²) < 4.78 is 5.04. The molecule has 18 heavy (non-hydrogen) atoms. The van der Waals surface area contributed by atoms with Crippen LogP contribution in [0.4, 0.5) is 0 Å². The minimum absolute atomic E-state index is 0.0323. The summed E-state index contributed by atoms with van der Waals surface area (Å²) in [5.41, 5.74) is 0.0602. The number of rotatable bonds is 6. The molecule has 0 amide bonds. The SMILES string of the molecule is CN(C)CCCOC(=O)c1ccccc1C(=O)O. The Morgan fingerprint density at radius 2 is 1.83 bits per heavy atom. The Hall–Kier alpha value is -1.88. The molecule has 0 saturated heterocycles. The van der Waals surface area contributed by atoms with Crippen LogP contribution in [0.2, 0.25) is 0 Å². The predicted molar refractivity (Wildman–Crippen MR) is 66.9 cm³/mol. The molecule has 0 atom stereocenters. The van der Waals surface area contributed by atoms with Crippen molar-refractivity contribution in [1.82, 2.24) is 4.90 Å². The first-order valence-corrected chi connectivity index (χ1v) is 5.66. The Bertz CT molecular complexity index is 429. The molecule has 0 fully saturated rings. The van der Waals surface area contributed by atoms with Crippen molar-refractivity contribution in [3.63, 3.8) is 0 Å². The standard InChI is InChI=1S/C13H17NO4/c1-14(2)8-5-9-18-13(17)11-7-4-3-6-10(11)12(15)16/h3-4,6-7H,5,8-9H2,1-2H3,(H,15,16). The topological polar surface area (TPSA) is 66.8 Å². The quantitative estimate of drug-likeness (QED) is 0.613. The summed E-state index contributed by atoms with van der Waals surface area (Å²) >= 11 is 0. The second kappa shape index (κ2) is 6.76. The lowest BCUT2D eigenvalue weighted by Crippen LogP contribution is -2.17. The summed E-state index contributed by atoms with van der Waals surface area (Å²) in [5, 5.41) is 8.94. The molecular formula is C13H17NO4. The van der Waals surface area contributed by atoms with E-state index < -0.39 is 11.9 Å². The monoisotopic (exact) mass is 251 g/mol. The molecule has 0 aliphatic rings. The van der Waals surface area contributed by atoms with Crippen LogP contribution in [-0.4, -0.2) is 49.2 Å². The van der Waals surface area contributed by atoms with Gasteiger partial charge < -0.3 is 14.7 Å². The van der Waals surface area contributed by atoms with Crippen molar-refractivity contribution < 1.29 is 19.4 Å². The number of carboxylic acid groups (broad SMARTS) is 1. The maximum absolute atomic E-state index is 11.7. The lowest BCUT2D eigenvalue weighted by molar-refractivity contribution is 0.0483. The molecule has 0 aliphatic heterocycles. The molecule has 0 unspecified atom stereocenters. The summed E-state index contributed by atoms with van der Waals surface area (Å²) in [7, 11) is 3.86. The number of hydrogen-bond acceptors (Lipinski definition) is 4. The average Bonchev–Trinajstić information content (AvgIpc) is 2.34. The number of carbonyl (C=O) groups excluding carboxylic acids is 1. The summed E-state index contributed by atoms with van der Waals surface area (Å²) in [6, 6.07) is 6.03. The van der Waals surface area contributed by atoms with E-state index in [0.717, 1.165) is 6.54 Å². The lowest BCUT2D eigenvalue weighted by atomic mass is 10.1. The first kappa shape index (κ1) is 14.2. The van der Waals surface area contributed by atoms with Gasteiger partial charge in [-0.25, -0.2) is 9.59 Å². The zero-order valence-electron chi connectivity index (χ0n) is 10.5. The molecule has 0 heterocycles. The second-order valence-electron chi connectivity index (χ2n) is 4.14. The van der Waals surface area contributed by atoms with Gasteiger partial charge in [-0.15, -0.1) is 0 Å². The maximum atomic E-state index is 11.7. The van der Waals surface area contributed by atoms with Crippen LogP contribution in [-0.2, 0) is 4.74 Å². The van der Waals surface area contributed by atoms with Crippen LogP contribution in [0.25, 0.3) is 0 Å². The third-order valence-corrected chi connectivity index (χ3v) is 2.36. The number of benzene rings is 1. The summed E-state index contributed by atoms with van der Waals surface area (Å²) in [4.78, 5) is 24.6. The summed E-state index contributed by atoms with van der Waals surface area (Å²) in [6.07, 6.45) is 0.716. The Morgan fingerprint density at radius 1 is 1.22 bits per heavy atom. The van der Waals surface area contributed by atoms with Crippen LogP contribution in [0.3, 0.4) is 0 Å². The number of hydrogen-bond donors (Lipinski definition) is 1. The molecule has 5 nitrogen and oxygen atoms in total. The van der Waals surface area contributed by atoms with E-state index in [1.54, 1.807) is 12.1 Å². The first-order valence-electron chi connectivity index (χ1n) is 5.66. The molecule has 1 N–H and O–H groups in total. The third kappa shape index (κ3) is 4.18. The van der Waals surface area contributed by atoms with Crippen molar-refractivity contribution in [3.8, 4) is 0 Å². The highest BCUT2D eigenvalue weighted by atomic mass is 16.5. The van der Waals surface area contributed by atoms with Gasteiger partial charge in [0.15, 0.2) is 0 Å². The van der Waals surface area contributed by atoms with Crippen LogP contribution in [0.1, 0.15) is 27.1 Å². The molecule has 5 heteroatoms. The number of esters is 1. The number of carbonyl (C=O) groups is 2. The van der Waals surface area contributed by atoms with Gasteiger partial charge in [-0.05, 0) is 32.6 Å². The molecule has 1 aromatic rings. The maximum Gasteiger partial charge on any atom is 0.339 e. The van der Waals surface area contributed by atoms with E-state index in [9.17, 15) is 9.59 Å². The van der Waals surface area contributed by atoms with E-state index in [1.807, 2.05) is 19.0 Å². The van der Waals surface area contributed by atoms with Crippen LogP contribution < -0.4 is 0 Å². The smallest absolute Gasteiger partial charge is 0.339 e. The van der Waals surface area contributed by atoms with Crippen molar-refractivity contribution in [1.29, 1.82) is 0 Å². The van der Waals surface area contributed by atoms with Gasteiger partial charge in [0, 0.05) is 6.54 Å². The van der Waals surface area contributed by atoms with Gasteiger partial charge in [0.05, 0.1) is 17.7 Å². The van der Waals surface area contributed by atoms with Gasteiger partial charge in [-0.1, -0.05) is 12.1 Å². The fourth-order valence-electron chi connectivity index (χ4n) is 1.47. The van der Waals surface area contributed by atoms with Crippen LogP contribution in [0.15, 0.2) is 24.3 Å². The third-order valence-electron chi connectivity index (χ3n) is 2.36. The number of aromatic carboxylic acids is 1. The van der Waals surface area contributed by atoms with E-state index in [0.29, 0.717) is 6.42 Å². The van der Waals surface area contributed by atoms with Gasteiger partial charge in [-0.2, -0.15) is 0 Å². The van der Waals surface area contributed by atoms with Crippen LogP contribution in [0, 0.1) is 0 Å². The Labute approximate surface area is 106 Å². The minimum Gasteiger partial charge on any atom is -0.478 e. The molecule has 1 rings (SSSR count). The van der Waals surface area contributed by atoms with E-state index >= 15 is 0 Å². The molecular weight excluding hydrogens is 234 g/mol. The molecule has 1 aromatic carbocycles. The Kier molecular flexibility index (Phi) is 5.32. The fourth-order valence-corrected chi connectivity index (χ4v) is 1.47. The van der Waals surface area contributed by atoms with Crippen molar-refractivity contribution in [2.24, 2.45) is 0 Å². The minimum atomic E-state index is -1.13. The second-order valence-corrected chi connectivity index (χ2v) is 4.14. The number of nitrogens with zero attached hydrogens (tertiary/aromatic N) is 1. The molecule has 0 aliphatic carbocycles. The van der Waals surface area contributed by atoms with Gasteiger partial charge in [-0.3, -0.25) is 0 Å². The van der Waals surface area contributed by atoms with Crippen molar-refractivity contribution >= 4 is 11.9 Å². The fraction of sp³-hybridized carbons (Fsp3) is 0.385. The van der Waals surface area contributed by atoms with Crippen LogP contribution in [0.5, 0.6) is 0 Å². The zero-order valence-corrected chi connectivity index (χ0v) is 10.5.